The zero-order valence-electron chi connectivity index (χ0n) is 17.9. The Bertz CT molecular complexity index is 490. The number of carbonyl (C=O) groups excluding carboxylic acids is 1. The minimum absolute atomic E-state index is 0.0441. The third-order valence-electron chi connectivity index (χ3n) is 5.07. The van der Waals surface area contributed by atoms with E-state index in [0.29, 0.717) is 19.4 Å². The van der Waals surface area contributed by atoms with Gasteiger partial charge in [-0.1, -0.05) is 40.5 Å². The number of carboxylic acid groups (broad SMARTS) is 1. The van der Waals surface area contributed by atoms with E-state index in [2.05, 4.69) is 17.9 Å². The van der Waals surface area contributed by atoms with E-state index < -0.39 is 34.9 Å². The first-order chi connectivity index (χ1) is 13.0. The lowest BCUT2D eigenvalue weighted by Gasteiger charge is -2.43. The zero-order valence-corrected chi connectivity index (χ0v) is 18.8. The van der Waals surface area contributed by atoms with Crippen molar-refractivity contribution in [1.82, 2.24) is 10.4 Å². The number of rotatable bonds is 15. The average molecular weight is 422 g/mol. The number of carbonyl (C=O) groups is 2. The predicted octanol–water partition coefficient (Wildman–Crippen LogP) is 1.77. The van der Waals surface area contributed by atoms with Crippen molar-refractivity contribution < 1.29 is 24.6 Å². The Morgan fingerprint density at radius 3 is 2.29 bits per heavy atom. The Morgan fingerprint density at radius 1 is 1.25 bits per heavy atom. The van der Waals surface area contributed by atoms with Crippen molar-refractivity contribution in [2.45, 2.75) is 83.2 Å². The van der Waals surface area contributed by atoms with E-state index in [9.17, 15) is 19.8 Å². The average Bonchev–Trinajstić information content (AvgIpc) is 2.64. The molecule has 0 aromatic rings. The summed E-state index contributed by atoms with van der Waals surface area (Å²) in [6.45, 7) is 9.49. The number of hydrogen-bond donors (Lipinski definition) is 5. The molecule has 3 atom stereocenters. The molecular formula is C19H39N3O5S. The second-order valence-electron chi connectivity index (χ2n) is 7.60. The molecule has 0 aliphatic rings. The fourth-order valence-electron chi connectivity index (χ4n) is 2.63. The van der Waals surface area contributed by atoms with Crippen LogP contribution in [0, 0.1) is 5.92 Å². The normalized spacial score (nSPS) is 17.0. The van der Waals surface area contributed by atoms with Gasteiger partial charge in [0.25, 0.3) is 5.91 Å². The third kappa shape index (κ3) is 6.88. The fraction of sp³-hybridized carbons (Fsp3) is 0.895. The van der Waals surface area contributed by atoms with Gasteiger partial charge in [-0.25, -0.2) is 4.79 Å². The van der Waals surface area contributed by atoms with E-state index in [1.807, 2.05) is 27.7 Å². The first-order valence-electron chi connectivity index (χ1n) is 10.1. The van der Waals surface area contributed by atoms with Crippen molar-refractivity contribution in [3.8, 4) is 0 Å². The van der Waals surface area contributed by atoms with E-state index in [1.165, 1.54) is 0 Å². The summed E-state index contributed by atoms with van der Waals surface area (Å²) >= 11 is 4.56. The molecule has 0 rings (SSSR count). The van der Waals surface area contributed by atoms with Crippen molar-refractivity contribution in [1.29, 1.82) is 0 Å². The molecule has 0 aliphatic carbocycles. The highest BCUT2D eigenvalue weighted by Crippen LogP contribution is 2.30. The fourth-order valence-corrected chi connectivity index (χ4v) is 2.74. The van der Waals surface area contributed by atoms with E-state index in [0.717, 1.165) is 17.9 Å². The van der Waals surface area contributed by atoms with Crippen molar-refractivity contribution in [3.05, 3.63) is 0 Å². The van der Waals surface area contributed by atoms with Gasteiger partial charge in [0.15, 0.2) is 0 Å². The molecule has 1 unspecified atom stereocenters. The second-order valence-corrected chi connectivity index (χ2v) is 8.56. The number of aliphatic carboxylic acids is 1. The number of nitrogens with one attached hydrogen (secondary N) is 1. The highest BCUT2D eigenvalue weighted by molar-refractivity contribution is 7.81. The van der Waals surface area contributed by atoms with Gasteiger partial charge < -0.3 is 15.9 Å². The van der Waals surface area contributed by atoms with Gasteiger partial charge in [-0.15, -0.1) is 0 Å². The molecule has 0 spiro atoms. The molecule has 0 aromatic heterocycles. The SMILES string of the molecule is CCCCCON(C(=O)C(N)[C@@](C)(S)C(C)C)[C@@](CCO)(NCCC)C(=O)O. The standard InChI is InChI=1S/C19H39N3O5S/c1-6-8-9-13-27-22(16(24)15(20)18(5,28)14(3)4)19(10-12-23,17(25)26)21-11-7-2/h14-15,21,23,28H,6-13,20H2,1-5H3,(H,25,26)/t15?,18-,19+/m0/s1. The number of hydrogen-bond acceptors (Lipinski definition) is 7. The predicted molar refractivity (Wildman–Crippen MR) is 113 cm³/mol. The molecule has 0 saturated carbocycles. The molecule has 9 heteroatoms. The van der Waals surface area contributed by atoms with Crippen LogP contribution in [0.3, 0.4) is 0 Å². The monoisotopic (exact) mass is 421 g/mol. The lowest BCUT2D eigenvalue weighted by molar-refractivity contribution is -0.239. The summed E-state index contributed by atoms with van der Waals surface area (Å²) in [6.07, 6.45) is 2.90. The van der Waals surface area contributed by atoms with Crippen LogP contribution >= 0.6 is 12.6 Å². The highest BCUT2D eigenvalue weighted by atomic mass is 32.1. The van der Waals surface area contributed by atoms with Crippen molar-refractivity contribution >= 4 is 24.5 Å². The van der Waals surface area contributed by atoms with Crippen molar-refractivity contribution in [3.63, 3.8) is 0 Å². The third-order valence-corrected chi connectivity index (χ3v) is 5.87. The van der Waals surface area contributed by atoms with Crippen LogP contribution in [0.25, 0.3) is 0 Å². The number of aliphatic hydroxyl groups is 1. The molecule has 5 N–H and O–H groups in total. The lowest BCUT2D eigenvalue weighted by Crippen LogP contribution is -2.70. The summed E-state index contributed by atoms with van der Waals surface area (Å²) in [6, 6.07) is -1.09. The minimum atomic E-state index is -1.91. The molecule has 166 valence electrons. The maximum atomic E-state index is 13.3. The van der Waals surface area contributed by atoms with E-state index in [1.54, 1.807) is 6.92 Å². The van der Waals surface area contributed by atoms with Gasteiger partial charge in [0.1, 0.15) is 6.04 Å². The maximum absolute atomic E-state index is 13.3. The first kappa shape index (κ1) is 27.1. The molecule has 0 saturated heterocycles. The van der Waals surface area contributed by atoms with Crippen LogP contribution in [0.4, 0.5) is 0 Å². The molecule has 8 nitrogen and oxygen atoms in total. The van der Waals surface area contributed by atoms with Gasteiger partial charge in [-0.3, -0.25) is 14.9 Å². The van der Waals surface area contributed by atoms with Gasteiger partial charge in [0, 0.05) is 17.8 Å². The van der Waals surface area contributed by atoms with Crippen LogP contribution in [-0.4, -0.2) is 63.4 Å². The van der Waals surface area contributed by atoms with Crippen molar-refractivity contribution in [2.24, 2.45) is 11.7 Å². The highest BCUT2D eigenvalue weighted by Gasteiger charge is 2.51. The number of nitrogens with two attached hydrogens (primary N) is 1. The number of unbranched alkanes of at least 4 members (excludes halogenated alkanes) is 2. The Hall–Kier alpha value is -0.870. The van der Waals surface area contributed by atoms with Gasteiger partial charge in [-0.05, 0) is 32.2 Å². The smallest absolute Gasteiger partial charge is 0.347 e. The minimum Gasteiger partial charge on any atom is -0.478 e. The number of hydroxylamine groups is 2. The molecule has 0 fully saturated rings. The van der Waals surface area contributed by atoms with E-state index in [-0.39, 0.29) is 18.9 Å². The molecular weight excluding hydrogens is 382 g/mol. The zero-order chi connectivity index (χ0) is 22.0. The van der Waals surface area contributed by atoms with E-state index >= 15 is 0 Å². The summed E-state index contributed by atoms with van der Waals surface area (Å²) in [5.41, 5.74) is 4.31. The number of amides is 1. The quantitative estimate of drug-likeness (QED) is 0.118. The Morgan fingerprint density at radius 2 is 1.86 bits per heavy atom. The van der Waals surface area contributed by atoms with Crippen LogP contribution in [0.5, 0.6) is 0 Å². The van der Waals surface area contributed by atoms with Gasteiger partial charge in [0.05, 0.1) is 6.61 Å². The summed E-state index contributed by atoms with van der Waals surface area (Å²) in [4.78, 5) is 31.2. The molecule has 0 radical (unpaired) electrons. The first-order valence-corrected chi connectivity index (χ1v) is 10.5. The number of nitrogens with zero attached hydrogens (tertiary/aromatic N) is 1. The van der Waals surface area contributed by atoms with Gasteiger partial charge in [-0.2, -0.15) is 17.7 Å². The van der Waals surface area contributed by atoms with Crippen LogP contribution in [-0.2, 0) is 14.4 Å². The van der Waals surface area contributed by atoms with Crippen LogP contribution in [0.2, 0.25) is 0 Å². The van der Waals surface area contributed by atoms with Gasteiger partial charge >= 0.3 is 5.97 Å². The topological polar surface area (TPSA) is 125 Å². The number of carboxylic acids is 1. The molecule has 1 amide bonds. The summed E-state index contributed by atoms with van der Waals surface area (Å²) in [5, 5.41) is 23.2. The summed E-state index contributed by atoms with van der Waals surface area (Å²) in [5.74, 6) is -2.03. The largest absolute Gasteiger partial charge is 0.478 e. The Kier molecular flexibility index (Phi) is 12.2. The van der Waals surface area contributed by atoms with Crippen LogP contribution in [0.15, 0.2) is 0 Å². The lowest BCUT2D eigenvalue weighted by atomic mass is 9.88. The molecule has 0 heterocycles. The maximum Gasteiger partial charge on any atom is 0.347 e. The van der Waals surface area contributed by atoms with Crippen LogP contribution < -0.4 is 11.1 Å². The summed E-state index contributed by atoms with van der Waals surface area (Å²) in [7, 11) is 0. The molecule has 0 aromatic carbocycles. The van der Waals surface area contributed by atoms with Crippen molar-refractivity contribution in [2.75, 3.05) is 19.8 Å². The molecule has 0 aliphatic heterocycles. The Labute approximate surface area is 174 Å². The summed E-state index contributed by atoms with van der Waals surface area (Å²) < 4.78 is -0.879. The number of aliphatic hydroxyl groups excluding tert-OH is 1. The molecule has 28 heavy (non-hydrogen) atoms. The van der Waals surface area contributed by atoms with E-state index in [4.69, 9.17) is 10.6 Å². The van der Waals surface area contributed by atoms with Gasteiger partial charge in [0.2, 0.25) is 5.66 Å². The Balaban J connectivity index is 6.01. The number of thiol groups is 1. The van der Waals surface area contributed by atoms with Crippen LogP contribution in [0.1, 0.15) is 66.7 Å². The molecule has 0 bridgehead atoms. The second kappa shape index (κ2) is 12.6.